The fourth-order valence-electron chi connectivity index (χ4n) is 5.61. The normalized spacial score (nSPS) is 24.8. The van der Waals surface area contributed by atoms with Crippen LogP contribution >= 0.6 is 0 Å². The number of cyclic esters (lactones) is 1. The number of hydrogen-bond donors (Lipinski definition) is 2. The smallest absolute Gasteiger partial charge is 0.342 e. The molecule has 2 N–H and O–H groups in total. The molecule has 7 nitrogen and oxygen atoms in total. The van der Waals surface area contributed by atoms with Gasteiger partial charge in [-0.15, -0.1) is 0 Å². The molecule has 3 aliphatic heterocycles. The van der Waals surface area contributed by atoms with Crippen LogP contribution in [-0.4, -0.2) is 52.3 Å². The third kappa shape index (κ3) is 2.94. The van der Waals surface area contributed by atoms with E-state index in [4.69, 9.17) is 9.72 Å². The summed E-state index contributed by atoms with van der Waals surface area (Å²) < 4.78 is 5.22. The highest BCUT2D eigenvalue weighted by Gasteiger charge is 2.53. The van der Waals surface area contributed by atoms with E-state index in [0.29, 0.717) is 24.1 Å². The minimum absolute atomic E-state index is 0.0217. The molecule has 1 aromatic heterocycles. The summed E-state index contributed by atoms with van der Waals surface area (Å²) in [5, 5.41) is 23.7. The van der Waals surface area contributed by atoms with Gasteiger partial charge in [-0.25, -0.2) is 4.79 Å². The fraction of sp³-hybridized carbons (Fsp3) is 0.500. The van der Waals surface area contributed by atoms with E-state index in [0.717, 1.165) is 22.2 Å². The second kappa shape index (κ2) is 7.15. The number of rotatable bonds is 2. The molecule has 1 unspecified atom stereocenters. The van der Waals surface area contributed by atoms with Crippen LogP contribution in [0.1, 0.15) is 57.8 Å². The molecule has 4 heterocycles. The first-order valence-electron chi connectivity index (χ1n) is 11.9. The van der Waals surface area contributed by atoms with Crippen LogP contribution in [-0.2, 0) is 20.9 Å². The molecule has 0 bridgehead atoms. The first-order chi connectivity index (χ1) is 15.8. The number of carbonyl (C=O) groups is 2. The number of benzene rings is 1. The van der Waals surface area contributed by atoms with Crippen molar-refractivity contribution in [3.05, 3.63) is 40.6 Å². The van der Waals surface area contributed by atoms with E-state index in [1.54, 1.807) is 19.1 Å². The predicted octanol–water partition coefficient (Wildman–Crippen LogP) is 3.44. The van der Waals surface area contributed by atoms with Gasteiger partial charge in [-0.05, 0) is 52.4 Å². The van der Waals surface area contributed by atoms with Crippen LogP contribution in [0.2, 0.25) is 18.1 Å². The molecule has 1 aromatic carbocycles. The third-order valence-corrected chi connectivity index (χ3v) is 14.2. The van der Waals surface area contributed by atoms with Gasteiger partial charge in [-0.2, -0.15) is 0 Å². The Morgan fingerprint density at radius 1 is 1.26 bits per heavy atom. The summed E-state index contributed by atoms with van der Waals surface area (Å²) in [6.45, 7) is 13.5. The van der Waals surface area contributed by atoms with Gasteiger partial charge >= 0.3 is 5.97 Å². The summed E-state index contributed by atoms with van der Waals surface area (Å²) in [6.07, 6.45) is 0.512. The molecule has 0 radical (unpaired) electrons. The zero-order valence-corrected chi connectivity index (χ0v) is 21.7. The van der Waals surface area contributed by atoms with Crippen molar-refractivity contribution in [1.29, 1.82) is 0 Å². The second-order valence-corrected chi connectivity index (χ2v) is 16.6. The number of pyridine rings is 1. The second-order valence-electron chi connectivity index (χ2n) is 11.3. The average Bonchev–Trinajstić information content (AvgIpc) is 3.12. The third-order valence-electron chi connectivity index (χ3n) is 8.60. The Hall–Kier alpha value is -2.71. The van der Waals surface area contributed by atoms with Gasteiger partial charge in [0.1, 0.15) is 12.4 Å². The molecule has 8 heteroatoms. The molecule has 0 aliphatic carbocycles. The van der Waals surface area contributed by atoms with Crippen LogP contribution in [0.4, 0.5) is 0 Å². The van der Waals surface area contributed by atoms with Gasteiger partial charge in [0.2, 0.25) is 0 Å². The van der Waals surface area contributed by atoms with Crippen molar-refractivity contribution in [2.24, 2.45) is 0 Å². The van der Waals surface area contributed by atoms with Crippen LogP contribution < -0.4 is 5.19 Å². The van der Waals surface area contributed by atoms with Crippen molar-refractivity contribution in [2.45, 2.75) is 76.9 Å². The predicted molar refractivity (Wildman–Crippen MR) is 131 cm³/mol. The molecule has 0 saturated heterocycles. The van der Waals surface area contributed by atoms with Gasteiger partial charge < -0.3 is 19.8 Å². The molecule has 34 heavy (non-hydrogen) atoms. The van der Waals surface area contributed by atoms with Crippen molar-refractivity contribution in [1.82, 2.24) is 9.88 Å². The first-order valence-corrected chi connectivity index (χ1v) is 14.9. The maximum Gasteiger partial charge on any atom is 0.342 e. The van der Waals surface area contributed by atoms with Crippen LogP contribution in [0.5, 0.6) is 5.75 Å². The number of esters is 1. The van der Waals surface area contributed by atoms with Gasteiger partial charge in [0.25, 0.3) is 5.91 Å². The summed E-state index contributed by atoms with van der Waals surface area (Å²) in [5.41, 5.74) is 1.78. The monoisotopic (exact) mass is 480 g/mol. The van der Waals surface area contributed by atoms with Crippen LogP contribution in [0, 0.1) is 0 Å². The van der Waals surface area contributed by atoms with E-state index in [2.05, 4.69) is 33.9 Å². The number of hydrogen-bond acceptors (Lipinski definition) is 6. The van der Waals surface area contributed by atoms with Crippen molar-refractivity contribution in [3.8, 4) is 5.75 Å². The lowest BCUT2D eigenvalue weighted by molar-refractivity contribution is -0.165. The molecule has 5 rings (SSSR count). The van der Waals surface area contributed by atoms with E-state index in [-0.39, 0.29) is 35.8 Å². The standard InChI is InChI=1S/C26H32N2O5Si/c1-7-26(32)18-11-20-21-16(12-28(20)23(30)17(18)13-33-24(26)31)22(34(5,6)25(2,3)4)15-10-14(29)8-9-19(15)27-21/h8-10,20,29,32H,7,11-13H2,1-6H3/t20?,26-/m0/s1. The SMILES string of the molecule is CC[C@@]1(O)C(=O)OCC2=C1CC1c3nc4ccc(O)cc4c([Si](C)(C)C(C)(C)C)c3CN1C2=O. The highest BCUT2D eigenvalue weighted by atomic mass is 28.3. The average molecular weight is 481 g/mol. The number of fused-ring (bicyclic) bond motifs is 4. The number of phenolic OH excluding ortho intramolecular Hbond substituents is 1. The first kappa shape index (κ1) is 23.0. The number of aromatic nitrogens is 1. The summed E-state index contributed by atoms with van der Waals surface area (Å²) in [5.74, 6) is -0.685. The van der Waals surface area contributed by atoms with E-state index >= 15 is 0 Å². The zero-order chi connectivity index (χ0) is 24.8. The lowest BCUT2D eigenvalue weighted by Gasteiger charge is -2.41. The number of ether oxygens (including phenoxy) is 1. The minimum Gasteiger partial charge on any atom is -0.508 e. The number of aliphatic hydroxyl groups is 1. The molecular weight excluding hydrogens is 448 g/mol. The highest BCUT2D eigenvalue weighted by Crippen LogP contribution is 2.48. The van der Waals surface area contributed by atoms with Gasteiger partial charge in [-0.3, -0.25) is 9.78 Å². The molecule has 0 saturated carbocycles. The van der Waals surface area contributed by atoms with Crippen LogP contribution in [0.3, 0.4) is 0 Å². The summed E-state index contributed by atoms with van der Waals surface area (Å²) in [4.78, 5) is 32.9. The Bertz CT molecular complexity index is 1290. The van der Waals surface area contributed by atoms with Crippen molar-refractivity contribution >= 4 is 36.0 Å². The van der Waals surface area contributed by atoms with Crippen molar-refractivity contribution in [2.75, 3.05) is 6.61 Å². The van der Waals surface area contributed by atoms with E-state index in [1.165, 1.54) is 5.19 Å². The quantitative estimate of drug-likeness (QED) is 0.505. The maximum absolute atomic E-state index is 13.6. The highest BCUT2D eigenvalue weighted by molar-refractivity contribution is 6.94. The molecule has 2 atom stereocenters. The number of phenols is 1. The number of carbonyl (C=O) groups excluding carboxylic acids is 2. The van der Waals surface area contributed by atoms with Gasteiger partial charge in [0.05, 0.1) is 30.9 Å². The van der Waals surface area contributed by atoms with Gasteiger partial charge in [0, 0.05) is 11.9 Å². The van der Waals surface area contributed by atoms with Crippen molar-refractivity contribution < 1.29 is 24.5 Å². The van der Waals surface area contributed by atoms with Gasteiger partial charge in [0.15, 0.2) is 5.60 Å². The number of amides is 1. The summed E-state index contributed by atoms with van der Waals surface area (Å²) in [6, 6.07) is 4.93. The van der Waals surface area contributed by atoms with Gasteiger partial charge in [-0.1, -0.05) is 40.8 Å². The topological polar surface area (TPSA) is 100.0 Å². The zero-order valence-electron chi connectivity index (χ0n) is 20.7. The minimum atomic E-state index is -2.13. The lowest BCUT2D eigenvalue weighted by atomic mass is 9.79. The van der Waals surface area contributed by atoms with E-state index < -0.39 is 19.6 Å². The van der Waals surface area contributed by atoms with Crippen LogP contribution in [0.25, 0.3) is 10.9 Å². The molecule has 2 aromatic rings. The molecule has 180 valence electrons. The van der Waals surface area contributed by atoms with Crippen molar-refractivity contribution in [3.63, 3.8) is 0 Å². The Balaban J connectivity index is 1.75. The Kier molecular flexibility index (Phi) is 4.85. The lowest BCUT2D eigenvalue weighted by Crippen LogP contribution is -2.52. The fourth-order valence-corrected chi connectivity index (χ4v) is 8.19. The number of nitrogens with zero attached hydrogens (tertiary/aromatic N) is 2. The largest absolute Gasteiger partial charge is 0.508 e. The van der Waals surface area contributed by atoms with Crippen LogP contribution in [0.15, 0.2) is 29.3 Å². The molecule has 1 amide bonds. The molecule has 3 aliphatic rings. The van der Waals surface area contributed by atoms with E-state index in [9.17, 15) is 19.8 Å². The summed E-state index contributed by atoms with van der Waals surface area (Å²) in [7, 11) is -2.13. The molecule has 0 fully saturated rings. The summed E-state index contributed by atoms with van der Waals surface area (Å²) >= 11 is 0. The Morgan fingerprint density at radius 2 is 1.97 bits per heavy atom. The molecule has 0 spiro atoms. The van der Waals surface area contributed by atoms with E-state index in [1.807, 2.05) is 11.0 Å². The number of aromatic hydroxyl groups is 1. The Labute approximate surface area is 200 Å². The molecular formula is C26H32N2O5Si. The Morgan fingerprint density at radius 3 is 2.62 bits per heavy atom. The maximum atomic E-state index is 13.6.